The molecule has 17 heavy (non-hydrogen) atoms. The van der Waals surface area contributed by atoms with E-state index in [1.54, 1.807) is 6.20 Å². The van der Waals surface area contributed by atoms with Gasteiger partial charge in [-0.3, -0.25) is 0 Å². The number of halogens is 1. The summed E-state index contributed by atoms with van der Waals surface area (Å²) in [5.41, 5.74) is 0. The zero-order valence-electron chi connectivity index (χ0n) is 9.87. The van der Waals surface area contributed by atoms with Gasteiger partial charge in [0.15, 0.2) is 0 Å². The van der Waals surface area contributed by atoms with E-state index in [2.05, 4.69) is 48.3 Å². The number of nitrogens with one attached hydrogen (secondary N) is 2. The Hall–Kier alpha value is -0.490. The Bertz CT molecular complexity index is 368. The SMILES string of the molecule is CNc1ncc(Br)c(NCC2CCCCS2)n1. The summed E-state index contributed by atoms with van der Waals surface area (Å²) in [5, 5.41) is 7.05. The average Bonchev–Trinajstić information content (AvgIpc) is 2.39. The fourth-order valence-corrected chi connectivity index (χ4v) is 3.36. The molecule has 1 aliphatic heterocycles. The zero-order chi connectivity index (χ0) is 12.1. The molecule has 0 radical (unpaired) electrons. The number of thioether (sulfide) groups is 1. The molecule has 94 valence electrons. The summed E-state index contributed by atoms with van der Waals surface area (Å²) in [5.74, 6) is 2.81. The van der Waals surface area contributed by atoms with Crippen LogP contribution in [-0.4, -0.2) is 34.6 Å². The smallest absolute Gasteiger partial charge is 0.224 e. The van der Waals surface area contributed by atoms with Gasteiger partial charge < -0.3 is 10.6 Å². The molecule has 1 atom stereocenters. The van der Waals surface area contributed by atoms with Crippen LogP contribution in [0.1, 0.15) is 19.3 Å². The van der Waals surface area contributed by atoms with Gasteiger partial charge in [-0.15, -0.1) is 0 Å². The minimum Gasteiger partial charge on any atom is -0.368 e. The summed E-state index contributed by atoms with van der Waals surface area (Å²) in [6.07, 6.45) is 5.79. The fourth-order valence-electron chi connectivity index (χ4n) is 1.79. The third kappa shape index (κ3) is 3.74. The van der Waals surface area contributed by atoms with E-state index in [-0.39, 0.29) is 0 Å². The normalized spacial score (nSPS) is 20.0. The van der Waals surface area contributed by atoms with E-state index in [0.29, 0.717) is 11.2 Å². The Morgan fingerprint density at radius 2 is 2.41 bits per heavy atom. The van der Waals surface area contributed by atoms with Crippen LogP contribution in [0.2, 0.25) is 0 Å². The molecule has 1 unspecified atom stereocenters. The first-order chi connectivity index (χ1) is 8.29. The molecule has 4 nitrogen and oxygen atoms in total. The highest BCUT2D eigenvalue weighted by Gasteiger charge is 2.14. The first-order valence-electron chi connectivity index (χ1n) is 5.85. The Morgan fingerprint density at radius 3 is 3.12 bits per heavy atom. The van der Waals surface area contributed by atoms with Crippen LogP contribution in [0.15, 0.2) is 10.7 Å². The van der Waals surface area contributed by atoms with Crippen LogP contribution in [-0.2, 0) is 0 Å². The lowest BCUT2D eigenvalue weighted by atomic mass is 10.2. The molecule has 0 aromatic carbocycles. The maximum Gasteiger partial charge on any atom is 0.224 e. The number of hydrogen-bond acceptors (Lipinski definition) is 5. The monoisotopic (exact) mass is 316 g/mol. The predicted octanol–water partition coefficient (Wildman–Crippen LogP) is 2.98. The first-order valence-corrected chi connectivity index (χ1v) is 7.69. The summed E-state index contributed by atoms with van der Waals surface area (Å²) in [6.45, 7) is 0.976. The van der Waals surface area contributed by atoms with Crippen LogP contribution >= 0.6 is 27.7 Å². The number of hydrogen-bond donors (Lipinski definition) is 2. The van der Waals surface area contributed by atoms with Crippen LogP contribution in [0, 0.1) is 0 Å². The maximum absolute atomic E-state index is 4.39. The fraction of sp³-hybridized carbons (Fsp3) is 0.636. The molecule has 2 rings (SSSR count). The van der Waals surface area contributed by atoms with Crippen molar-refractivity contribution in [2.45, 2.75) is 24.5 Å². The van der Waals surface area contributed by atoms with E-state index < -0.39 is 0 Å². The topological polar surface area (TPSA) is 49.8 Å². The molecule has 6 heteroatoms. The van der Waals surface area contributed by atoms with Crippen molar-refractivity contribution in [3.8, 4) is 0 Å². The molecule has 1 aliphatic rings. The largest absolute Gasteiger partial charge is 0.368 e. The minimum absolute atomic E-state index is 0.645. The molecule has 0 aliphatic carbocycles. The Labute approximate surface area is 115 Å². The van der Waals surface area contributed by atoms with Gasteiger partial charge in [-0.25, -0.2) is 4.98 Å². The highest BCUT2D eigenvalue weighted by molar-refractivity contribution is 9.10. The Morgan fingerprint density at radius 1 is 1.53 bits per heavy atom. The third-order valence-corrected chi connectivity index (χ3v) is 4.72. The summed E-state index contributed by atoms with van der Waals surface area (Å²) in [7, 11) is 1.82. The lowest BCUT2D eigenvalue weighted by Gasteiger charge is -2.21. The first kappa shape index (κ1) is 13.0. The number of rotatable bonds is 4. The van der Waals surface area contributed by atoms with Crippen molar-refractivity contribution in [1.29, 1.82) is 0 Å². The summed E-state index contributed by atoms with van der Waals surface area (Å²) >= 11 is 5.52. The van der Waals surface area contributed by atoms with Gasteiger partial charge in [-0.1, -0.05) is 6.42 Å². The van der Waals surface area contributed by atoms with E-state index in [0.717, 1.165) is 16.8 Å². The summed E-state index contributed by atoms with van der Waals surface area (Å²) in [4.78, 5) is 8.52. The van der Waals surface area contributed by atoms with Crippen molar-refractivity contribution >= 4 is 39.5 Å². The van der Waals surface area contributed by atoms with Crippen LogP contribution < -0.4 is 10.6 Å². The Balaban J connectivity index is 1.92. The van der Waals surface area contributed by atoms with Gasteiger partial charge in [0.25, 0.3) is 0 Å². The summed E-state index contributed by atoms with van der Waals surface area (Å²) < 4.78 is 0.914. The lowest BCUT2D eigenvalue weighted by Crippen LogP contribution is -2.20. The highest BCUT2D eigenvalue weighted by Crippen LogP contribution is 2.26. The highest BCUT2D eigenvalue weighted by atomic mass is 79.9. The molecule has 1 aromatic heterocycles. The minimum atomic E-state index is 0.645. The molecule has 1 fully saturated rings. The van der Waals surface area contributed by atoms with Crippen molar-refractivity contribution in [3.63, 3.8) is 0 Å². The Kier molecular flexibility index (Phi) is 4.91. The molecule has 0 bridgehead atoms. The number of aromatic nitrogens is 2. The molecule has 1 aromatic rings. The van der Waals surface area contributed by atoms with Gasteiger partial charge in [-0.2, -0.15) is 16.7 Å². The molecule has 0 amide bonds. The van der Waals surface area contributed by atoms with Crippen molar-refractivity contribution < 1.29 is 0 Å². The van der Waals surface area contributed by atoms with E-state index in [4.69, 9.17) is 0 Å². The number of nitrogens with zero attached hydrogens (tertiary/aromatic N) is 2. The van der Waals surface area contributed by atoms with E-state index in [1.807, 2.05) is 7.05 Å². The van der Waals surface area contributed by atoms with Gasteiger partial charge in [-0.05, 0) is 34.5 Å². The van der Waals surface area contributed by atoms with Crippen LogP contribution in [0.4, 0.5) is 11.8 Å². The van der Waals surface area contributed by atoms with Crippen LogP contribution in [0.25, 0.3) is 0 Å². The van der Waals surface area contributed by atoms with Gasteiger partial charge >= 0.3 is 0 Å². The van der Waals surface area contributed by atoms with Gasteiger partial charge in [0.2, 0.25) is 5.95 Å². The second-order valence-electron chi connectivity index (χ2n) is 4.01. The molecule has 1 saturated heterocycles. The lowest BCUT2D eigenvalue weighted by molar-refractivity contribution is 0.677. The third-order valence-electron chi connectivity index (χ3n) is 2.74. The van der Waals surface area contributed by atoms with Crippen LogP contribution in [0.5, 0.6) is 0 Å². The number of anilines is 2. The van der Waals surface area contributed by atoms with E-state index >= 15 is 0 Å². The van der Waals surface area contributed by atoms with Crippen molar-refractivity contribution in [3.05, 3.63) is 10.7 Å². The van der Waals surface area contributed by atoms with Gasteiger partial charge in [0, 0.05) is 25.0 Å². The second kappa shape index (κ2) is 6.44. The van der Waals surface area contributed by atoms with Crippen LogP contribution in [0.3, 0.4) is 0 Å². The van der Waals surface area contributed by atoms with Crippen molar-refractivity contribution in [2.75, 3.05) is 30.0 Å². The molecule has 0 saturated carbocycles. The standard InChI is InChI=1S/C11H17BrN4S/c1-13-11-15-7-9(12)10(16-11)14-6-8-4-2-3-5-17-8/h7-8H,2-6H2,1H3,(H2,13,14,15,16). The molecule has 0 spiro atoms. The second-order valence-corrected chi connectivity index (χ2v) is 6.27. The van der Waals surface area contributed by atoms with Crippen molar-refractivity contribution in [1.82, 2.24) is 9.97 Å². The molecular formula is C11H17BrN4S. The molecular weight excluding hydrogens is 300 g/mol. The average molecular weight is 317 g/mol. The maximum atomic E-state index is 4.39. The van der Waals surface area contributed by atoms with E-state index in [1.165, 1.54) is 25.0 Å². The van der Waals surface area contributed by atoms with Gasteiger partial charge in [0.05, 0.1) is 4.47 Å². The summed E-state index contributed by atoms with van der Waals surface area (Å²) in [6, 6.07) is 0. The van der Waals surface area contributed by atoms with E-state index in [9.17, 15) is 0 Å². The van der Waals surface area contributed by atoms with Gasteiger partial charge in [0.1, 0.15) is 5.82 Å². The predicted molar refractivity (Wildman–Crippen MR) is 77.9 cm³/mol. The van der Waals surface area contributed by atoms with Crippen molar-refractivity contribution in [2.24, 2.45) is 0 Å². The molecule has 2 heterocycles. The zero-order valence-corrected chi connectivity index (χ0v) is 12.3. The quantitative estimate of drug-likeness (QED) is 0.894. The molecule has 2 N–H and O–H groups in total.